The molecule has 3 aromatic rings. The molecule has 25 heavy (non-hydrogen) atoms. The summed E-state index contributed by atoms with van der Waals surface area (Å²) in [5.74, 6) is 1.15. The lowest BCUT2D eigenvalue weighted by atomic mass is 9.99. The second kappa shape index (κ2) is 6.77. The number of nitrogens with zero attached hydrogens (tertiary/aromatic N) is 2. The van der Waals surface area contributed by atoms with Gasteiger partial charge in [-0.05, 0) is 41.8 Å². The fourth-order valence-electron chi connectivity index (χ4n) is 3.07. The van der Waals surface area contributed by atoms with Crippen LogP contribution in [0.3, 0.4) is 0 Å². The van der Waals surface area contributed by atoms with E-state index in [0.29, 0.717) is 23.7 Å². The van der Waals surface area contributed by atoms with Gasteiger partial charge in [-0.25, -0.2) is 4.98 Å². The summed E-state index contributed by atoms with van der Waals surface area (Å²) in [6.45, 7) is 1.39. The lowest BCUT2D eigenvalue weighted by Crippen LogP contribution is -2.35. The normalized spacial score (nSPS) is 13.2. The zero-order valence-electron chi connectivity index (χ0n) is 13.8. The summed E-state index contributed by atoms with van der Waals surface area (Å²) in [6, 6.07) is 21.1. The Bertz CT molecular complexity index is 893. The van der Waals surface area contributed by atoms with Crippen LogP contribution < -0.4 is 4.74 Å². The monoisotopic (exact) mass is 330 g/mol. The quantitative estimate of drug-likeness (QED) is 0.727. The van der Waals surface area contributed by atoms with Crippen LogP contribution >= 0.6 is 0 Å². The number of aromatic nitrogens is 1. The van der Waals surface area contributed by atoms with E-state index in [4.69, 9.17) is 4.74 Å². The summed E-state index contributed by atoms with van der Waals surface area (Å²) in [7, 11) is 0. The van der Waals surface area contributed by atoms with E-state index in [2.05, 4.69) is 23.2 Å². The van der Waals surface area contributed by atoms with E-state index in [0.717, 1.165) is 13.0 Å². The number of benzene rings is 2. The first-order valence-electron chi connectivity index (χ1n) is 8.34. The Kier molecular flexibility index (Phi) is 4.17. The number of amides is 1. The fourth-order valence-corrected chi connectivity index (χ4v) is 3.07. The smallest absolute Gasteiger partial charge is 0.254 e. The average molecular weight is 330 g/mol. The number of fused-ring (bicyclic) bond motifs is 1. The molecule has 4 nitrogen and oxygen atoms in total. The van der Waals surface area contributed by atoms with Crippen LogP contribution in [0.1, 0.15) is 21.5 Å². The fraction of sp³-hybridized carbons (Fsp3) is 0.143. The molecule has 2 aromatic carbocycles. The summed E-state index contributed by atoms with van der Waals surface area (Å²) < 4.78 is 5.73. The summed E-state index contributed by atoms with van der Waals surface area (Å²) in [5, 5.41) is 0. The summed E-state index contributed by atoms with van der Waals surface area (Å²) >= 11 is 0. The van der Waals surface area contributed by atoms with Gasteiger partial charge >= 0.3 is 0 Å². The molecule has 2 heterocycles. The lowest BCUT2D eigenvalue weighted by Gasteiger charge is -2.29. The van der Waals surface area contributed by atoms with Crippen molar-refractivity contribution in [2.45, 2.75) is 13.0 Å². The molecule has 0 saturated heterocycles. The van der Waals surface area contributed by atoms with Crippen molar-refractivity contribution < 1.29 is 9.53 Å². The molecule has 0 saturated carbocycles. The molecule has 0 spiro atoms. The van der Waals surface area contributed by atoms with Crippen LogP contribution in [-0.4, -0.2) is 22.3 Å². The Morgan fingerprint density at radius 3 is 2.64 bits per heavy atom. The molecular weight excluding hydrogens is 312 g/mol. The molecule has 1 aliphatic rings. The van der Waals surface area contributed by atoms with Crippen molar-refractivity contribution in [2.24, 2.45) is 0 Å². The number of hydrogen-bond donors (Lipinski definition) is 0. The van der Waals surface area contributed by atoms with E-state index in [1.54, 1.807) is 18.3 Å². The third kappa shape index (κ3) is 3.38. The molecule has 0 fully saturated rings. The Morgan fingerprint density at radius 1 is 0.960 bits per heavy atom. The van der Waals surface area contributed by atoms with Gasteiger partial charge in [0.15, 0.2) is 0 Å². The molecule has 124 valence electrons. The molecule has 0 radical (unpaired) electrons. The predicted octanol–water partition coefficient (Wildman–Crippen LogP) is 4.07. The maximum Gasteiger partial charge on any atom is 0.254 e. The van der Waals surface area contributed by atoms with E-state index in [1.807, 2.05) is 41.3 Å². The van der Waals surface area contributed by atoms with Crippen molar-refractivity contribution in [2.75, 3.05) is 6.54 Å². The third-order valence-electron chi connectivity index (χ3n) is 4.36. The SMILES string of the molecule is O=C(c1cccc(Oc2ccccn2)c1)N1CCc2ccccc2C1. The van der Waals surface area contributed by atoms with Gasteiger partial charge < -0.3 is 9.64 Å². The maximum atomic E-state index is 12.9. The van der Waals surface area contributed by atoms with Gasteiger partial charge in [-0.3, -0.25) is 4.79 Å². The molecule has 0 N–H and O–H groups in total. The van der Waals surface area contributed by atoms with Gasteiger partial charge in [0.1, 0.15) is 5.75 Å². The van der Waals surface area contributed by atoms with Crippen LogP contribution in [0.25, 0.3) is 0 Å². The number of pyridine rings is 1. The first-order valence-corrected chi connectivity index (χ1v) is 8.34. The molecule has 4 rings (SSSR count). The molecule has 1 amide bonds. The second-order valence-electron chi connectivity index (χ2n) is 6.04. The topological polar surface area (TPSA) is 42.4 Å². The highest BCUT2D eigenvalue weighted by Crippen LogP contribution is 2.23. The lowest BCUT2D eigenvalue weighted by molar-refractivity contribution is 0.0734. The van der Waals surface area contributed by atoms with Crippen molar-refractivity contribution in [1.82, 2.24) is 9.88 Å². The van der Waals surface area contributed by atoms with E-state index in [9.17, 15) is 4.79 Å². The third-order valence-corrected chi connectivity index (χ3v) is 4.36. The first-order chi connectivity index (χ1) is 12.3. The Hall–Kier alpha value is -3.14. The zero-order chi connectivity index (χ0) is 17.1. The minimum absolute atomic E-state index is 0.0287. The van der Waals surface area contributed by atoms with Gasteiger partial charge in [0.05, 0.1) is 0 Å². The zero-order valence-corrected chi connectivity index (χ0v) is 13.8. The molecule has 1 aromatic heterocycles. The molecular formula is C21H18N2O2. The van der Waals surface area contributed by atoms with Crippen LogP contribution in [0.2, 0.25) is 0 Å². The second-order valence-corrected chi connectivity index (χ2v) is 6.04. The molecule has 0 aliphatic carbocycles. The van der Waals surface area contributed by atoms with Gasteiger partial charge in [-0.15, -0.1) is 0 Å². The Labute approximate surface area is 146 Å². The highest BCUT2D eigenvalue weighted by molar-refractivity contribution is 5.94. The van der Waals surface area contributed by atoms with Crippen molar-refractivity contribution in [1.29, 1.82) is 0 Å². The van der Waals surface area contributed by atoms with Gasteiger partial charge in [0.25, 0.3) is 5.91 Å². The first kappa shape index (κ1) is 15.4. The largest absolute Gasteiger partial charge is 0.439 e. The summed E-state index contributed by atoms with van der Waals surface area (Å²) in [5.41, 5.74) is 3.19. The van der Waals surface area contributed by atoms with Crippen LogP contribution in [-0.2, 0) is 13.0 Å². The number of hydrogen-bond acceptors (Lipinski definition) is 3. The van der Waals surface area contributed by atoms with E-state index in [-0.39, 0.29) is 5.91 Å². The van der Waals surface area contributed by atoms with Gasteiger partial charge in [0.2, 0.25) is 5.88 Å². The Balaban J connectivity index is 1.52. The number of rotatable bonds is 3. The highest BCUT2D eigenvalue weighted by atomic mass is 16.5. The van der Waals surface area contributed by atoms with Crippen molar-refractivity contribution >= 4 is 5.91 Å². The van der Waals surface area contributed by atoms with Crippen LogP contribution in [0.4, 0.5) is 0 Å². The van der Waals surface area contributed by atoms with Gasteiger partial charge in [0, 0.05) is 30.9 Å². The minimum Gasteiger partial charge on any atom is -0.439 e. The summed E-state index contributed by atoms with van der Waals surface area (Å²) in [6.07, 6.45) is 2.57. The van der Waals surface area contributed by atoms with E-state index in [1.165, 1.54) is 11.1 Å². The molecule has 4 heteroatoms. The number of carbonyl (C=O) groups is 1. The van der Waals surface area contributed by atoms with Crippen LogP contribution in [0.15, 0.2) is 72.9 Å². The van der Waals surface area contributed by atoms with Gasteiger partial charge in [-0.1, -0.05) is 36.4 Å². The van der Waals surface area contributed by atoms with E-state index >= 15 is 0 Å². The number of ether oxygens (including phenoxy) is 1. The average Bonchev–Trinajstić information content (AvgIpc) is 2.68. The van der Waals surface area contributed by atoms with Crippen molar-refractivity contribution in [3.8, 4) is 11.6 Å². The van der Waals surface area contributed by atoms with Crippen molar-refractivity contribution in [3.05, 3.63) is 89.6 Å². The van der Waals surface area contributed by atoms with Crippen LogP contribution in [0, 0.1) is 0 Å². The molecule has 0 unspecified atom stereocenters. The summed E-state index contributed by atoms with van der Waals surface area (Å²) in [4.78, 5) is 18.9. The maximum absolute atomic E-state index is 12.9. The predicted molar refractivity (Wildman–Crippen MR) is 95.6 cm³/mol. The van der Waals surface area contributed by atoms with Gasteiger partial charge in [-0.2, -0.15) is 0 Å². The number of carbonyl (C=O) groups excluding carboxylic acids is 1. The molecule has 0 atom stereocenters. The standard InChI is InChI=1S/C21H18N2O2/c24-21(23-13-11-16-6-1-2-7-18(16)15-23)17-8-5-9-19(14-17)25-20-10-3-4-12-22-20/h1-10,12,14H,11,13,15H2. The highest BCUT2D eigenvalue weighted by Gasteiger charge is 2.21. The molecule has 1 aliphatic heterocycles. The van der Waals surface area contributed by atoms with Crippen LogP contribution in [0.5, 0.6) is 11.6 Å². The van der Waals surface area contributed by atoms with E-state index < -0.39 is 0 Å². The van der Waals surface area contributed by atoms with Crippen molar-refractivity contribution in [3.63, 3.8) is 0 Å². The molecule has 0 bridgehead atoms. The Morgan fingerprint density at radius 2 is 1.80 bits per heavy atom. The minimum atomic E-state index is 0.0287.